The van der Waals surface area contributed by atoms with Crippen molar-refractivity contribution in [1.29, 1.82) is 5.26 Å². The molecular formula is C12H11F3N2O. The summed E-state index contributed by atoms with van der Waals surface area (Å²) in [5.74, 6) is 0.458. The van der Waals surface area contributed by atoms with Gasteiger partial charge in [0, 0.05) is 12.0 Å². The number of halogens is 3. The zero-order valence-electron chi connectivity index (χ0n) is 9.42. The lowest BCUT2D eigenvalue weighted by Crippen LogP contribution is -2.48. The fraction of sp³-hybridized carbons (Fsp3) is 0.417. The molecule has 1 aliphatic heterocycles. The van der Waals surface area contributed by atoms with Gasteiger partial charge in [0.1, 0.15) is 11.3 Å². The van der Waals surface area contributed by atoms with Gasteiger partial charge in [-0.3, -0.25) is 5.32 Å². The van der Waals surface area contributed by atoms with E-state index >= 15 is 0 Å². The van der Waals surface area contributed by atoms with Crippen molar-refractivity contribution in [1.82, 2.24) is 5.32 Å². The Morgan fingerprint density at radius 3 is 2.78 bits per heavy atom. The van der Waals surface area contributed by atoms with Gasteiger partial charge in [-0.2, -0.15) is 18.4 Å². The number of benzene rings is 1. The molecule has 1 aromatic carbocycles. The molecule has 1 aromatic rings. The minimum absolute atomic E-state index is 0.191. The predicted molar refractivity (Wildman–Crippen MR) is 57.9 cm³/mol. The number of fused-ring (bicyclic) bond motifs is 1. The van der Waals surface area contributed by atoms with Gasteiger partial charge in [0.25, 0.3) is 0 Å². The molecule has 1 heterocycles. The molecule has 1 atom stereocenters. The van der Waals surface area contributed by atoms with Crippen molar-refractivity contribution >= 4 is 0 Å². The predicted octanol–water partition coefficient (Wildman–Crippen LogP) is 2.34. The van der Waals surface area contributed by atoms with Crippen LogP contribution in [0.4, 0.5) is 13.2 Å². The number of para-hydroxylation sites is 1. The molecular weight excluding hydrogens is 245 g/mol. The van der Waals surface area contributed by atoms with Gasteiger partial charge in [0.05, 0.1) is 19.2 Å². The molecule has 0 aliphatic carbocycles. The lowest BCUT2D eigenvalue weighted by molar-refractivity contribution is -0.128. The minimum atomic E-state index is -4.35. The minimum Gasteiger partial charge on any atom is -0.493 e. The van der Waals surface area contributed by atoms with Gasteiger partial charge in [-0.25, -0.2) is 0 Å². The van der Waals surface area contributed by atoms with E-state index in [9.17, 15) is 18.4 Å². The highest BCUT2D eigenvalue weighted by molar-refractivity contribution is 5.44. The molecule has 1 unspecified atom stereocenters. The Balaban J connectivity index is 2.32. The summed E-state index contributed by atoms with van der Waals surface area (Å²) in [6.07, 6.45) is -4.16. The molecule has 0 saturated heterocycles. The van der Waals surface area contributed by atoms with Gasteiger partial charge in [-0.15, -0.1) is 0 Å². The fourth-order valence-electron chi connectivity index (χ4n) is 1.98. The van der Waals surface area contributed by atoms with Gasteiger partial charge in [0.2, 0.25) is 0 Å². The number of nitrogens with zero attached hydrogens (tertiary/aromatic N) is 1. The van der Waals surface area contributed by atoms with Crippen LogP contribution in [0, 0.1) is 11.3 Å². The molecule has 0 radical (unpaired) electrons. The molecule has 3 nitrogen and oxygen atoms in total. The standard InChI is InChI=1S/C12H11F3N2O/c13-12(14,15)8-17-11(7-16)5-6-18-10-4-2-1-3-9(10)11/h1-4,17H,5-6,8H2. The second-order valence-corrected chi connectivity index (χ2v) is 4.08. The van der Waals surface area contributed by atoms with Crippen LogP contribution in [0.25, 0.3) is 0 Å². The number of nitriles is 1. The Bertz CT molecular complexity index is 481. The average molecular weight is 256 g/mol. The summed E-state index contributed by atoms with van der Waals surface area (Å²) in [7, 11) is 0. The third-order valence-electron chi connectivity index (χ3n) is 2.86. The first-order valence-corrected chi connectivity index (χ1v) is 5.42. The first-order valence-electron chi connectivity index (χ1n) is 5.42. The number of ether oxygens (including phenoxy) is 1. The lowest BCUT2D eigenvalue weighted by atomic mass is 9.86. The van der Waals surface area contributed by atoms with E-state index in [0.29, 0.717) is 11.3 Å². The molecule has 0 bridgehead atoms. The zero-order chi connectivity index (χ0) is 13.2. The van der Waals surface area contributed by atoms with Crippen molar-refractivity contribution in [2.45, 2.75) is 18.1 Å². The summed E-state index contributed by atoms with van der Waals surface area (Å²) < 4.78 is 42.2. The van der Waals surface area contributed by atoms with Crippen molar-refractivity contribution < 1.29 is 17.9 Å². The van der Waals surface area contributed by atoms with Crippen LogP contribution in [0.3, 0.4) is 0 Å². The number of hydrogen-bond donors (Lipinski definition) is 1. The SMILES string of the molecule is N#CC1(NCC(F)(F)F)CCOc2ccccc21. The maximum absolute atomic E-state index is 12.3. The van der Waals surface area contributed by atoms with Gasteiger partial charge >= 0.3 is 6.18 Å². The maximum Gasteiger partial charge on any atom is 0.401 e. The van der Waals surface area contributed by atoms with E-state index in [4.69, 9.17) is 4.74 Å². The molecule has 96 valence electrons. The van der Waals surface area contributed by atoms with E-state index in [2.05, 4.69) is 5.32 Å². The van der Waals surface area contributed by atoms with Crippen molar-refractivity contribution in [2.24, 2.45) is 0 Å². The molecule has 6 heteroatoms. The molecule has 0 amide bonds. The van der Waals surface area contributed by atoms with Crippen LogP contribution < -0.4 is 10.1 Å². The van der Waals surface area contributed by atoms with Gasteiger partial charge in [0.15, 0.2) is 0 Å². The summed E-state index contributed by atoms with van der Waals surface area (Å²) in [5.41, 5.74) is -0.868. The Labute approximate surface area is 102 Å². The van der Waals surface area contributed by atoms with E-state index in [-0.39, 0.29) is 13.0 Å². The van der Waals surface area contributed by atoms with E-state index in [1.54, 1.807) is 24.3 Å². The summed E-state index contributed by atoms with van der Waals surface area (Å²) in [4.78, 5) is 0. The smallest absolute Gasteiger partial charge is 0.401 e. The van der Waals surface area contributed by atoms with Crippen LogP contribution in [-0.2, 0) is 5.54 Å². The van der Waals surface area contributed by atoms with Crippen molar-refractivity contribution in [3.63, 3.8) is 0 Å². The van der Waals surface area contributed by atoms with Crippen LogP contribution in [0.1, 0.15) is 12.0 Å². The Morgan fingerprint density at radius 2 is 2.11 bits per heavy atom. The summed E-state index contributed by atoms with van der Waals surface area (Å²) in [6, 6.07) is 8.61. The molecule has 1 N–H and O–H groups in total. The molecule has 0 saturated carbocycles. The average Bonchev–Trinajstić information content (AvgIpc) is 2.35. The second-order valence-electron chi connectivity index (χ2n) is 4.08. The van der Waals surface area contributed by atoms with E-state index in [1.165, 1.54) is 0 Å². The third kappa shape index (κ3) is 2.41. The molecule has 18 heavy (non-hydrogen) atoms. The van der Waals surface area contributed by atoms with Crippen LogP contribution in [-0.4, -0.2) is 19.3 Å². The summed E-state index contributed by atoms with van der Waals surface area (Å²) in [6.45, 7) is -0.982. The monoisotopic (exact) mass is 256 g/mol. The van der Waals surface area contributed by atoms with E-state index in [0.717, 1.165) is 0 Å². The quantitative estimate of drug-likeness (QED) is 0.883. The normalized spacial score (nSPS) is 22.8. The Kier molecular flexibility index (Phi) is 3.18. The van der Waals surface area contributed by atoms with Crippen LogP contribution >= 0.6 is 0 Å². The third-order valence-corrected chi connectivity index (χ3v) is 2.86. The topological polar surface area (TPSA) is 45.0 Å². The number of alkyl halides is 3. The largest absolute Gasteiger partial charge is 0.493 e. The maximum atomic E-state index is 12.3. The van der Waals surface area contributed by atoms with Gasteiger partial charge < -0.3 is 4.74 Å². The van der Waals surface area contributed by atoms with Crippen molar-refractivity contribution in [3.05, 3.63) is 29.8 Å². The van der Waals surface area contributed by atoms with Gasteiger partial charge in [-0.05, 0) is 6.07 Å². The molecule has 0 fully saturated rings. The van der Waals surface area contributed by atoms with Crippen molar-refractivity contribution in [2.75, 3.05) is 13.2 Å². The molecule has 2 rings (SSSR count). The fourth-order valence-corrected chi connectivity index (χ4v) is 1.98. The summed E-state index contributed by atoms with van der Waals surface area (Å²) in [5, 5.41) is 11.6. The highest BCUT2D eigenvalue weighted by atomic mass is 19.4. The Morgan fingerprint density at radius 1 is 1.39 bits per heavy atom. The van der Waals surface area contributed by atoms with Crippen LogP contribution in [0.2, 0.25) is 0 Å². The second kappa shape index (κ2) is 4.50. The van der Waals surface area contributed by atoms with Crippen molar-refractivity contribution in [3.8, 4) is 11.8 Å². The number of rotatable bonds is 2. The first-order chi connectivity index (χ1) is 8.47. The summed E-state index contributed by atoms with van der Waals surface area (Å²) >= 11 is 0. The highest BCUT2D eigenvalue weighted by Gasteiger charge is 2.41. The lowest BCUT2D eigenvalue weighted by Gasteiger charge is -2.34. The molecule has 1 aliphatic rings. The van der Waals surface area contributed by atoms with Crippen LogP contribution in [0.15, 0.2) is 24.3 Å². The van der Waals surface area contributed by atoms with Crippen LogP contribution in [0.5, 0.6) is 5.75 Å². The number of nitrogens with one attached hydrogen (secondary N) is 1. The number of hydrogen-bond acceptors (Lipinski definition) is 3. The molecule has 0 spiro atoms. The zero-order valence-corrected chi connectivity index (χ0v) is 9.42. The Hall–Kier alpha value is -1.74. The first kappa shape index (κ1) is 12.7. The molecule has 0 aromatic heterocycles. The van der Waals surface area contributed by atoms with E-state index < -0.39 is 18.3 Å². The van der Waals surface area contributed by atoms with E-state index in [1.807, 2.05) is 6.07 Å². The van der Waals surface area contributed by atoms with Gasteiger partial charge in [-0.1, -0.05) is 18.2 Å². The highest BCUT2D eigenvalue weighted by Crippen LogP contribution is 2.36.